The van der Waals surface area contributed by atoms with E-state index in [-0.39, 0.29) is 23.9 Å². The summed E-state index contributed by atoms with van der Waals surface area (Å²) >= 11 is 0. The van der Waals surface area contributed by atoms with Crippen molar-refractivity contribution in [3.05, 3.63) is 70.2 Å². The van der Waals surface area contributed by atoms with E-state index in [9.17, 15) is 9.65 Å². The molecule has 7 nitrogen and oxygen atoms in total. The van der Waals surface area contributed by atoms with Crippen LogP contribution in [0.15, 0.2) is 47.6 Å². The van der Waals surface area contributed by atoms with Crippen LogP contribution in [0.25, 0.3) is 16.8 Å². The highest BCUT2D eigenvalue weighted by molar-refractivity contribution is 5.80. The van der Waals surface area contributed by atoms with Crippen molar-refractivity contribution in [3.63, 3.8) is 0 Å². The predicted octanol–water partition coefficient (Wildman–Crippen LogP) is 4.92. The largest absolute Gasteiger partial charge is 0.370 e. The van der Waals surface area contributed by atoms with Crippen LogP contribution in [0.3, 0.4) is 0 Å². The number of benzene rings is 1. The van der Waals surface area contributed by atoms with Crippen molar-refractivity contribution in [1.29, 1.82) is 5.26 Å². The highest BCUT2D eigenvalue weighted by Gasteiger charge is 2.39. The highest BCUT2D eigenvalue weighted by atomic mass is 19.1. The first-order valence-corrected chi connectivity index (χ1v) is 11.9. The van der Waals surface area contributed by atoms with Crippen LogP contribution in [0.2, 0.25) is 0 Å². The molecule has 3 heterocycles. The molecule has 2 aliphatic rings. The van der Waals surface area contributed by atoms with Gasteiger partial charge >= 0.3 is 0 Å². The van der Waals surface area contributed by atoms with E-state index in [0.717, 1.165) is 5.57 Å². The number of nitrogens with zero attached hydrogens (tertiary/aromatic N) is 5. The number of halogens is 2. The molecule has 1 aromatic carbocycles. The van der Waals surface area contributed by atoms with E-state index in [1.165, 1.54) is 0 Å². The summed E-state index contributed by atoms with van der Waals surface area (Å²) in [6.07, 6.45) is 5.97. The number of nitriles is 1. The predicted molar refractivity (Wildman–Crippen MR) is 134 cm³/mol. The molecule has 2 aromatic heterocycles. The fourth-order valence-electron chi connectivity index (χ4n) is 5.14. The third-order valence-corrected chi connectivity index (χ3v) is 7.01. The Morgan fingerprint density at radius 1 is 1.28 bits per heavy atom. The zero-order chi connectivity index (χ0) is 25.6. The normalized spacial score (nSPS) is 19.6. The molecule has 1 unspecified atom stereocenters. The summed E-state index contributed by atoms with van der Waals surface area (Å²) in [7, 11) is 3.78. The van der Waals surface area contributed by atoms with Crippen LogP contribution in [0.4, 0.5) is 14.7 Å². The molecule has 1 aliphatic heterocycles. The van der Waals surface area contributed by atoms with Gasteiger partial charge in [0.25, 0.3) is 0 Å². The SMILES string of the molecule is Cc1c(-c2cnc(NCC3=C4CCOC4(C)CC=C3F)n3cc(C#N)nc23)ccc(CN(C)C)c1F. The molecule has 0 radical (unpaired) electrons. The van der Waals surface area contributed by atoms with Gasteiger partial charge in [-0.1, -0.05) is 12.1 Å². The number of anilines is 1. The molecular weight excluding hydrogens is 462 g/mol. The second-order valence-corrected chi connectivity index (χ2v) is 9.77. The molecular formula is C27H28F2N6O. The topological polar surface area (TPSA) is 78.5 Å². The molecule has 1 aliphatic carbocycles. The van der Waals surface area contributed by atoms with Gasteiger partial charge in [0.1, 0.15) is 17.7 Å². The Kier molecular flexibility index (Phi) is 6.10. The molecule has 0 saturated carbocycles. The minimum Gasteiger partial charge on any atom is -0.370 e. The van der Waals surface area contributed by atoms with Gasteiger partial charge in [0.2, 0.25) is 5.95 Å². The van der Waals surface area contributed by atoms with Crippen molar-refractivity contribution in [3.8, 4) is 17.2 Å². The van der Waals surface area contributed by atoms with Gasteiger partial charge in [-0.15, -0.1) is 0 Å². The fourth-order valence-corrected chi connectivity index (χ4v) is 5.14. The summed E-state index contributed by atoms with van der Waals surface area (Å²) in [5, 5.41) is 12.7. The van der Waals surface area contributed by atoms with Crippen molar-refractivity contribution >= 4 is 11.6 Å². The Balaban J connectivity index is 1.53. The van der Waals surface area contributed by atoms with Crippen LogP contribution < -0.4 is 5.32 Å². The van der Waals surface area contributed by atoms with E-state index in [4.69, 9.17) is 4.74 Å². The second-order valence-electron chi connectivity index (χ2n) is 9.77. The first-order valence-electron chi connectivity index (χ1n) is 11.9. The van der Waals surface area contributed by atoms with Crippen LogP contribution in [-0.2, 0) is 11.3 Å². The van der Waals surface area contributed by atoms with Gasteiger partial charge in [-0.3, -0.25) is 4.40 Å². The smallest absolute Gasteiger partial charge is 0.208 e. The maximum absolute atomic E-state index is 15.2. The van der Waals surface area contributed by atoms with Crippen LogP contribution >= 0.6 is 0 Å². The van der Waals surface area contributed by atoms with Crippen molar-refractivity contribution in [2.75, 3.05) is 32.6 Å². The maximum atomic E-state index is 15.2. The van der Waals surface area contributed by atoms with Gasteiger partial charge in [0, 0.05) is 42.4 Å². The van der Waals surface area contributed by atoms with Crippen molar-refractivity contribution in [2.45, 2.75) is 38.8 Å². The lowest BCUT2D eigenvalue weighted by atomic mass is 9.83. The lowest BCUT2D eigenvalue weighted by Gasteiger charge is -2.29. The summed E-state index contributed by atoms with van der Waals surface area (Å²) in [4.78, 5) is 10.9. The van der Waals surface area contributed by atoms with Gasteiger partial charge < -0.3 is 15.0 Å². The van der Waals surface area contributed by atoms with Crippen molar-refractivity contribution in [2.24, 2.45) is 0 Å². The average Bonchev–Trinajstić information content (AvgIpc) is 3.46. The van der Waals surface area contributed by atoms with Crippen molar-refractivity contribution < 1.29 is 13.5 Å². The quantitative estimate of drug-likeness (QED) is 0.528. The van der Waals surface area contributed by atoms with E-state index in [1.54, 1.807) is 35.9 Å². The van der Waals surface area contributed by atoms with Crippen LogP contribution in [0.5, 0.6) is 0 Å². The lowest BCUT2D eigenvalue weighted by Crippen LogP contribution is -2.29. The van der Waals surface area contributed by atoms with Gasteiger partial charge in [0.05, 0.1) is 18.4 Å². The number of fused-ring (bicyclic) bond motifs is 2. The molecule has 9 heteroatoms. The van der Waals surface area contributed by atoms with Crippen LogP contribution in [-0.4, -0.2) is 52.1 Å². The van der Waals surface area contributed by atoms with E-state index < -0.39 is 5.60 Å². The van der Waals surface area contributed by atoms with Crippen LogP contribution in [0.1, 0.15) is 36.6 Å². The Bertz CT molecular complexity index is 1470. The summed E-state index contributed by atoms with van der Waals surface area (Å²) in [6.45, 7) is 4.99. The van der Waals surface area contributed by atoms with E-state index in [2.05, 4.69) is 21.4 Å². The first kappa shape index (κ1) is 24.1. The Morgan fingerprint density at radius 3 is 2.83 bits per heavy atom. The molecule has 5 rings (SSSR count). The van der Waals surface area contributed by atoms with Gasteiger partial charge in [-0.2, -0.15) is 5.26 Å². The highest BCUT2D eigenvalue weighted by Crippen LogP contribution is 2.42. The summed E-state index contributed by atoms with van der Waals surface area (Å²) in [5.74, 6) is -0.110. The molecule has 1 fully saturated rings. The molecule has 186 valence electrons. The Hall–Kier alpha value is -3.61. The molecule has 1 saturated heterocycles. The van der Waals surface area contributed by atoms with Gasteiger partial charge in [-0.05, 0) is 57.1 Å². The number of ether oxygens (including phenoxy) is 1. The molecule has 0 spiro atoms. The van der Waals surface area contributed by atoms with E-state index in [0.29, 0.717) is 65.4 Å². The molecule has 1 atom stereocenters. The number of nitrogens with one attached hydrogen (secondary N) is 1. The average molecular weight is 491 g/mol. The number of imidazole rings is 1. The minimum absolute atomic E-state index is 0.206. The Labute approximate surface area is 208 Å². The first-order chi connectivity index (χ1) is 17.2. The number of hydrogen-bond acceptors (Lipinski definition) is 6. The van der Waals surface area contributed by atoms with E-state index in [1.807, 2.05) is 32.0 Å². The van der Waals surface area contributed by atoms with Crippen molar-refractivity contribution in [1.82, 2.24) is 19.3 Å². The fraction of sp³-hybridized carbons (Fsp3) is 0.370. The van der Waals surface area contributed by atoms with Crippen LogP contribution in [0, 0.1) is 24.1 Å². The number of aromatic nitrogens is 3. The molecule has 0 bridgehead atoms. The molecule has 36 heavy (non-hydrogen) atoms. The summed E-state index contributed by atoms with van der Waals surface area (Å²) < 4.78 is 37.5. The van der Waals surface area contributed by atoms with Gasteiger partial charge in [0.15, 0.2) is 11.3 Å². The zero-order valence-corrected chi connectivity index (χ0v) is 20.8. The lowest BCUT2D eigenvalue weighted by molar-refractivity contribution is 0.0401. The molecule has 0 amide bonds. The minimum atomic E-state index is -0.470. The zero-order valence-electron chi connectivity index (χ0n) is 20.8. The third-order valence-electron chi connectivity index (χ3n) is 7.01. The monoisotopic (exact) mass is 490 g/mol. The molecule has 3 aromatic rings. The third kappa shape index (κ3) is 4.06. The summed E-state index contributed by atoms with van der Waals surface area (Å²) in [5.41, 5.74) is 4.10. The standard InChI is InChI=1S/C27H28F2N6O/c1-16-19(6-5-17(24(16)29)14-34(3)4)20-12-31-26(35-15-18(11-30)33-25(20)35)32-13-21-22-8-10-36-27(22,2)9-7-23(21)28/h5-7,12,15H,8-10,13-14H2,1-4H3,(H,31,32). The number of rotatable bonds is 6. The molecule has 1 N–H and O–H groups in total. The van der Waals surface area contributed by atoms with E-state index >= 15 is 4.39 Å². The number of hydrogen-bond donors (Lipinski definition) is 1. The maximum Gasteiger partial charge on any atom is 0.208 e. The van der Waals surface area contributed by atoms with Gasteiger partial charge in [-0.25, -0.2) is 18.7 Å². The summed E-state index contributed by atoms with van der Waals surface area (Å²) in [6, 6.07) is 5.69. The second kappa shape index (κ2) is 9.12. The Morgan fingerprint density at radius 2 is 2.08 bits per heavy atom.